The molecule has 1 N–H and O–H groups in total. The molecule has 0 bridgehead atoms. The highest BCUT2D eigenvalue weighted by Crippen LogP contribution is 2.22. The molecule has 0 aromatic heterocycles. The first-order chi connectivity index (χ1) is 12.7. The van der Waals surface area contributed by atoms with Crippen molar-refractivity contribution in [3.63, 3.8) is 0 Å². The van der Waals surface area contributed by atoms with Crippen LogP contribution in [0.25, 0.3) is 0 Å². The van der Waals surface area contributed by atoms with Crippen molar-refractivity contribution >= 4 is 17.7 Å². The van der Waals surface area contributed by atoms with E-state index in [2.05, 4.69) is 5.32 Å². The van der Waals surface area contributed by atoms with E-state index in [4.69, 9.17) is 4.74 Å². The highest BCUT2D eigenvalue weighted by atomic mass is 16.5. The standard InChI is InChI=1S/C22H25NO4/c1-13-7-6-8-18(9-13)22(26)23-11-20(25)27-12-19(24)21-15(3)10-14(2)16(4)17(21)5/h6-10H,11-12H2,1-5H3,(H,23,26). The molecule has 142 valence electrons. The highest BCUT2D eigenvalue weighted by molar-refractivity contribution is 6.01. The lowest BCUT2D eigenvalue weighted by Gasteiger charge is -2.14. The Labute approximate surface area is 159 Å². The summed E-state index contributed by atoms with van der Waals surface area (Å²) in [5.41, 5.74) is 5.97. The van der Waals surface area contributed by atoms with Gasteiger partial charge in [0.25, 0.3) is 5.91 Å². The molecule has 27 heavy (non-hydrogen) atoms. The first kappa shape index (κ1) is 20.4. The minimum atomic E-state index is -0.650. The highest BCUT2D eigenvalue weighted by Gasteiger charge is 2.17. The Morgan fingerprint density at radius 2 is 1.63 bits per heavy atom. The number of carbonyl (C=O) groups is 3. The van der Waals surface area contributed by atoms with Gasteiger partial charge in [-0.15, -0.1) is 0 Å². The number of benzene rings is 2. The van der Waals surface area contributed by atoms with Gasteiger partial charge in [0, 0.05) is 11.1 Å². The largest absolute Gasteiger partial charge is 0.456 e. The van der Waals surface area contributed by atoms with Crippen molar-refractivity contribution in [2.75, 3.05) is 13.2 Å². The molecule has 0 saturated carbocycles. The van der Waals surface area contributed by atoms with Gasteiger partial charge in [0.2, 0.25) is 5.78 Å². The quantitative estimate of drug-likeness (QED) is 0.627. The zero-order chi connectivity index (χ0) is 20.1. The van der Waals surface area contributed by atoms with Crippen molar-refractivity contribution in [2.45, 2.75) is 34.6 Å². The molecule has 0 heterocycles. The second kappa shape index (κ2) is 8.62. The molecule has 0 spiro atoms. The third-order valence-electron chi connectivity index (χ3n) is 4.67. The van der Waals surface area contributed by atoms with Gasteiger partial charge in [-0.25, -0.2) is 0 Å². The summed E-state index contributed by atoms with van der Waals surface area (Å²) in [5.74, 6) is -1.25. The Kier molecular flexibility index (Phi) is 6.50. The molecular weight excluding hydrogens is 342 g/mol. The SMILES string of the molecule is Cc1cccc(C(=O)NCC(=O)OCC(=O)c2c(C)cc(C)c(C)c2C)c1. The van der Waals surface area contributed by atoms with Gasteiger partial charge < -0.3 is 10.1 Å². The van der Waals surface area contributed by atoms with Gasteiger partial charge in [-0.1, -0.05) is 23.8 Å². The Hall–Kier alpha value is -2.95. The number of carbonyl (C=O) groups excluding carboxylic acids is 3. The molecule has 1 amide bonds. The topological polar surface area (TPSA) is 72.5 Å². The van der Waals surface area contributed by atoms with Gasteiger partial charge in [0.15, 0.2) is 6.61 Å². The predicted octanol–water partition coefficient (Wildman–Crippen LogP) is 3.38. The summed E-state index contributed by atoms with van der Waals surface area (Å²) in [5, 5.41) is 2.50. The van der Waals surface area contributed by atoms with Crippen LogP contribution < -0.4 is 5.32 Å². The van der Waals surface area contributed by atoms with Gasteiger partial charge in [0.05, 0.1) is 0 Å². The van der Waals surface area contributed by atoms with E-state index in [1.807, 2.05) is 46.8 Å². The van der Waals surface area contributed by atoms with Crippen LogP contribution in [0.4, 0.5) is 0 Å². The Morgan fingerprint density at radius 1 is 0.926 bits per heavy atom. The lowest BCUT2D eigenvalue weighted by molar-refractivity contribution is -0.141. The van der Waals surface area contributed by atoms with E-state index in [1.165, 1.54) is 0 Å². The van der Waals surface area contributed by atoms with Crippen LogP contribution in [0.3, 0.4) is 0 Å². The summed E-state index contributed by atoms with van der Waals surface area (Å²) in [6.07, 6.45) is 0. The van der Waals surface area contributed by atoms with Gasteiger partial charge >= 0.3 is 5.97 Å². The van der Waals surface area contributed by atoms with E-state index in [9.17, 15) is 14.4 Å². The maximum absolute atomic E-state index is 12.5. The van der Waals surface area contributed by atoms with E-state index in [0.717, 1.165) is 27.8 Å². The van der Waals surface area contributed by atoms with E-state index in [1.54, 1.807) is 18.2 Å². The molecule has 0 fully saturated rings. The van der Waals surface area contributed by atoms with Crippen LogP contribution in [0.15, 0.2) is 30.3 Å². The number of ether oxygens (including phenoxy) is 1. The molecule has 0 radical (unpaired) electrons. The number of ketones is 1. The molecule has 0 unspecified atom stereocenters. The van der Waals surface area contributed by atoms with Crippen LogP contribution in [0.1, 0.15) is 48.5 Å². The minimum Gasteiger partial charge on any atom is -0.456 e. The Balaban J connectivity index is 1.91. The minimum absolute atomic E-state index is 0.244. The van der Waals surface area contributed by atoms with E-state index in [-0.39, 0.29) is 24.8 Å². The maximum Gasteiger partial charge on any atom is 0.325 e. The summed E-state index contributed by atoms with van der Waals surface area (Å²) in [4.78, 5) is 36.4. The van der Waals surface area contributed by atoms with Crippen LogP contribution in [-0.4, -0.2) is 30.8 Å². The van der Waals surface area contributed by atoms with E-state index in [0.29, 0.717) is 11.1 Å². The fourth-order valence-electron chi connectivity index (χ4n) is 3.02. The lowest BCUT2D eigenvalue weighted by atomic mass is 9.92. The third-order valence-corrected chi connectivity index (χ3v) is 4.67. The van der Waals surface area contributed by atoms with Crippen LogP contribution >= 0.6 is 0 Å². The lowest BCUT2D eigenvalue weighted by Crippen LogP contribution is -2.31. The molecule has 5 nitrogen and oxygen atoms in total. The summed E-state index contributed by atoms with van der Waals surface area (Å²) in [7, 11) is 0. The number of nitrogens with one attached hydrogen (secondary N) is 1. The number of esters is 1. The average Bonchev–Trinajstić information content (AvgIpc) is 2.62. The van der Waals surface area contributed by atoms with Crippen LogP contribution in [0, 0.1) is 34.6 Å². The summed E-state index contributed by atoms with van der Waals surface area (Å²) >= 11 is 0. The van der Waals surface area contributed by atoms with Crippen LogP contribution in [0.5, 0.6) is 0 Å². The predicted molar refractivity (Wildman–Crippen MR) is 104 cm³/mol. The number of rotatable bonds is 6. The molecule has 2 aromatic rings. The maximum atomic E-state index is 12.5. The van der Waals surface area contributed by atoms with Gasteiger partial charge in [-0.3, -0.25) is 14.4 Å². The van der Waals surface area contributed by atoms with Crippen molar-refractivity contribution in [2.24, 2.45) is 0 Å². The van der Waals surface area contributed by atoms with Gasteiger partial charge in [-0.05, 0) is 69.0 Å². The van der Waals surface area contributed by atoms with Crippen molar-refractivity contribution in [1.82, 2.24) is 5.32 Å². The molecule has 0 aliphatic rings. The van der Waals surface area contributed by atoms with Crippen LogP contribution in [-0.2, 0) is 9.53 Å². The molecular formula is C22H25NO4. The smallest absolute Gasteiger partial charge is 0.325 e. The summed E-state index contributed by atoms with van der Waals surface area (Å²) in [6.45, 7) is 8.99. The zero-order valence-electron chi connectivity index (χ0n) is 16.4. The van der Waals surface area contributed by atoms with Gasteiger partial charge in [0.1, 0.15) is 6.54 Å². The van der Waals surface area contributed by atoms with Crippen molar-refractivity contribution in [3.05, 3.63) is 69.3 Å². The summed E-state index contributed by atoms with van der Waals surface area (Å²) in [6, 6.07) is 9.01. The molecule has 2 aromatic carbocycles. The molecule has 0 aliphatic carbocycles. The number of Topliss-reactive ketones (excluding diaryl/α,β-unsaturated/α-hetero) is 1. The molecule has 5 heteroatoms. The number of amides is 1. The van der Waals surface area contributed by atoms with E-state index >= 15 is 0 Å². The summed E-state index contributed by atoms with van der Waals surface area (Å²) < 4.78 is 5.05. The second-order valence-electron chi connectivity index (χ2n) is 6.77. The fourth-order valence-corrected chi connectivity index (χ4v) is 3.02. The number of aryl methyl sites for hydroxylation is 3. The molecule has 0 saturated heterocycles. The Morgan fingerprint density at radius 3 is 2.30 bits per heavy atom. The van der Waals surface area contributed by atoms with Crippen molar-refractivity contribution < 1.29 is 19.1 Å². The first-order valence-electron chi connectivity index (χ1n) is 8.81. The monoisotopic (exact) mass is 367 g/mol. The van der Waals surface area contributed by atoms with Crippen LogP contribution in [0.2, 0.25) is 0 Å². The molecule has 0 aliphatic heterocycles. The van der Waals surface area contributed by atoms with E-state index < -0.39 is 5.97 Å². The fraction of sp³-hybridized carbons (Fsp3) is 0.318. The molecule has 0 atom stereocenters. The average molecular weight is 367 g/mol. The van der Waals surface area contributed by atoms with Crippen molar-refractivity contribution in [3.8, 4) is 0 Å². The Bertz CT molecular complexity index is 899. The van der Waals surface area contributed by atoms with Crippen molar-refractivity contribution in [1.29, 1.82) is 0 Å². The van der Waals surface area contributed by atoms with Gasteiger partial charge in [-0.2, -0.15) is 0 Å². The molecule has 2 rings (SSSR count). The second-order valence-corrected chi connectivity index (χ2v) is 6.77. The normalized spacial score (nSPS) is 10.4. The third kappa shape index (κ3) is 5.03. The number of hydrogen-bond donors (Lipinski definition) is 1. The first-order valence-corrected chi connectivity index (χ1v) is 8.81. The zero-order valence-corrected chi connectivity index (χ0v) is 16.4. The number of hydrogen-bond acceptors (Lipinski definition) is 4.